The van der Waals surface area contributed by atoms with Crippen molar-refractivity contribution in [1.82, 2.24) is 14.8 Å². The Morgan fingerprint density at radius 3 is 2.35 bits per heavy atom. The van der Waals surface area contributed by atoms with Crippen LogP contribution in [0.3, 0.4) is 0 Å². The predicted molar refractivity (Wildman–Crippen MR) is 87.8 cm³/mol. The van der Waals surface area contributed by atoms with Crippen molar-refractivity contribution >= 4 is 5.97 Å². The molecule has 3 rings (SSSR count). The van der Waals surface area contributed by atoms with Crippen molar-refractivity contribution in [3.05, 3.63) is 66.1 Å². The fourth-order valence-electron chi connectivity index (χ4n) is 2.40. The first kappa shape index (κ1) is 17.7. The Bertz CT molecular complexity index is 904. The van der Waals surface area contributed by atoms with Crippen LogP contribution in [-0.2, 0) is 10.9 Å². The van der Waals surface area contributed by atoms with E-state index in [0.29, 0.717) is 16.9 Å². The predicted octanol–water partition coefficient (Wildman–Crippen LogP) is 4.13. The maximum absolute atomic E-state index is 12.8. The summed E-state index contributed by atoms with van der Waals surface area (Å²) in [6.45, 7) is 1.87. The summed E-state index contributed by atoms with van der Waals surface area (Å²) in [5.41, 5.74) is 0.946. The number of halogens is 3. The Balaban J connectivity index is 2.09. The van der Waals surface area contributed by atoms with Crippen molar-refractivity contribution in [2.24, 2.45) is 0 Å². The lowest BCUT2D eigenvalue weighted by Gasteiger charge is -2.10. The molecule has 2 heterocycles. The summed E-state index contributed by atoms with van der Waals surface area (Å²) in [6, 6.07) is 9.50. The highest BCUT2D eigenvalue weighted by molar-refractivity contribution is 5.89. The SMILES string of the molecule is CCOC(=O)c1cc(-c2ccncc2)n(-c2ccc(C(F)(F)F)cc2)n1. The van der Waals surface area contributed by atoms with E-state index in [-0.39, 0.29) is 12.3 Å². The third kappa shape index (κ3) is 3.58. The van der Waals surface area contributed by atoms with Crippen LogP contribution in [0.2, 0.25) is 0 Å². The van der Waals surface area contributed by atoms with E-state index in [1.807, 2.05) is 0 Å². The van der Waals surface area contributed by atoms with Gasteiger partial charge in [0.05, 0.1) is 23.6 Å². The number of aromatic nitrogens is 3. The average molecular weight is 361 g/mol. The second-order valence-corrected chi connectivity index (χ2v) is 5.33. The number of hydrogen-bond donors (Lipinski definition) is 0. The van der Waals surface area contributed by atoms with Crippen LogP contribution in [0.25, 0.3) is 16.9 Å². The van der Waals surface area contributed by atoms with Crippen LogP contribution in [0.15, 0.2) is 54.9 Å². The molecule has 0 aliphatic rings. The number of ether oxygens (including phenoxy) is 1. The molecule has 0 atom stereocenters. The molecule has 0 N–H and O–H groups in total. The van der Waals surface area contributed by atoms with Gasteiger partial charge < -0.3 is 4.74 Å². The molecule has 134 valence electrons. The van der Waals surface area contributed by atoms with E-state index in [2.05, 4.69) is 10.1 Å². The molecule has 8 heteroatoms. The number of rotatable bonds is 4. The molecule has 2 aromatic heterocycles. The van der Waals surface area contributed by atoms with Gasteiger partial charge in [-0.2, -0.15) is 18.3 Å². The minimum absolute atomic E-state index is 0.0681. The first-order valence-corrected chi connectivity index (χ1v) is 7.75. The summed E-state index contributed by atoms with van der Waals surface area (Å²) in [5.74, 6) is -0.603. The van der Waals surface area contributed by atoms with Gasteiger partial charge in [0.15, 0.2) is 5.69 Å². The van der Waals surface area contributed by atoms with Crippen LogP contribution in [0.1, 0.15) is 23.0 Å². The summed E-state index contributed by atoms with van der Waals surface area (Å²) in [5, 5.41) is 4.21. The van der Waals surface area contributed by atoms with E-state index < -0.39 is 17.7 Å². The molecule has 0 bridgehead atoms. The minimum atomic E-state index is -4.42. The Hall–Kier alpha value is -3.16. The van der Waals surface area contributed by atoms with Crippen LogP contribution < -0.4 is 0 Å². The fraction of sp³-hybridized carbons (Fsp3) is 0.167. The third-order valence-electron chi connectivity index (χ3n) is 3.61. The van der Waals surface area contributed by atoms with Gasteiger partial charge in [0.2, 0.25) is 0 Å². The van der Waals surface area contributed by atoms with Crippen LogP contribution in [0.5, 0.6) is 0 Å². The first-order chi connectivity index (χ1) is 12.4. The Morgan fingerprint density at radius 2 is 1.77 bits per heavy atom. The number of pyridine rings is 1. The van der Waals surface area contributed by atoms with Crippen LogP contribution in [0.4, 0.5) is 13.2 Å². The Morgan fingerprint density at radius 1 is 1.12 bits per heavy atom. The normalized spacial score (nSPS) is 11.4. The molecular formula is C18H14F3N3O2. The van der Waals surface area contributed by atoms with Gasteiger partial charge in [-0.15, -0.1) is 0 Å². The van der Waals surface area contributed by atoms with Crippen molar-refractivity contribution in [3.8, 4) is 16.9 Å². The summed E-state index contributed by atoms with van der Waals surface area (Å²) in [7, 11) is 0. The highest BCUT2D eigenvalue weighted by Crippen LogP contribution is 2.30. The maximum Gasteiger partial charge on any atom is 0.416 e. The second kappa shape index (κ2) is 6.99. The summed E-state index contributed by atoms with van der Waals surface area (Å²) in [4.78, 5) is 15.9. The van der Waals surface area contributed by atoms with Crippen LogP contribution >= 0.6 is 0 Å². The molecule has 0 saturated heterocycles. The largest absolute Gasteiger partial charge is 0.461 e. The molecule has 0 amide bonds. The van der Waals surface area contributed by atoms with Gasteiger partial charge in [0, 0.05) is 18.0 Å². The van der Waals surface area contributed by atoms with Gasteiger partial charge in [-0.05, 0) is 49.4 Å². The molecule has 0 radical (unpaired) electrons. The first-order valence-electron chi connectivity index (χ1n) is 7.75. The number of carbonyl (C=O) groups excluding carboxylic acids is 1. The molecule has 0 spiro atoms. The molecule has 0 aliphatic carbocycles. The van der Waals surface area contributed by atoms with E-state index in [1.54, 1.807) is 31.5 Å². The Kier molecular flexibility index (Phi) is 4.75. The molecule has 26 heavy (non-hydrogen) atoms. The van der Waals surface area contributed by atoms with Crippen molar-refractivity contribution in [2.75, 3.05) is 6.61 Å². The average Bonchev–Trinajstić information content (AvgIpc) is 3.07. The van der Waals surface area contributed by atoms with Crippen molar-refractivity contribution in [1.29, 1.82) is 0 Å². The topological polar surface area (TPSA) is 57.0 Å². The highest BCUT2D eigenvalue weighted by Gasteiger charge is 2.30. The monoisotopic (exact) mass is 361 g/mol. The molecule has 1 aromatic carbocycles. The van der Waals surface area contributed by atoms with Gasteiger partial charge in [-0.25, -0.2) is 9.48 Å². The lowest BCUT2D eigenvalue weighted by Crippen LogP contribution is -2.08. The zero-order valence-electron chi connectivity index (χ0n) is 13.7. The molecular weight excluding hydrogens is 347 g/mol. The van der Waals surface area contributed by atoms with Crippen molar-refractivity contribution in [2.45, 2.75) is 13.1 Å². The van der Waals surface area contributed by atoms with E-state index in [0.717, 1.165) is 12.1 Å². The lowest BCUT2D eigenvalue weighted by atomic mass is 10.1. The maximum atomic E-state index is 12.8. The zero-order valence-corrected chi connectivity index (χ0v) is 13.7. The number of esters is 1. The fourth-order valence-corrected chi connectivity index (χ4v) is 2.40. The number of carbonyl (C=O) groups is 1. The molecule has 3 aromatic rings. The molecule has 0 fully saturated rings. The van der Waals surface area contributed by atoms with E-state index >= 15 is 0 Å². The minimum Gasteiger partial charge on any atom is -0.461 e. The van der Waals surface area contributed by atoms with E-state index in [1.165, 1.54) is 22.9 Å². The van der Waals surface area contributed by atoms with Gasteiger partial charge in [-0.3, -0.25) is 4.98 Å². The molecule has 0 unspecified atom stereocenters. The lowest BCUT2D eigenvalue weighted by molar-refractivity contribution is -0.137. The summed E-state index contributed by atoms with van der Waals surface area (Å²) in [6.07, 6.45) is -1.28. The standard InChI is InChI=1S/C18H14F3N3O2/c1-2-26-17(25)15-11-16(12-7-9-22-10-8-12)24(23-15)14-5-3-13(4-6-14)18(19,20)21/h3-11H,2H2,1H3. The second-order valence-electron chi connectivity index (χ2n) is 5.33. The van der Waals surface area contributed by atoms with Gasteiger partial charge in [-0.1, -0.05) is 0 Å². The van der Waals surface area contributed by atoms with E-state index in [9.17, 15) is 18.0 Å². The van der Waals surface area contributed by atoms with Crippen LogP contribution in [0, 0.1) is 0 Å². The third-order valence-corrected chi connectivity index (χ3v) is 3.61. The molecule has 0 aliphatic heterocycles. The highest BCUT2D eigenvalue weighted by atomic mass is 19.4. The smallest absolute Gasteiger partial charge is 0.416 e. The van der Waals surface area contributed by atoms with Gasteiger partial charge >= 0.3 is 12.1 Å². The van der Waals surface area contributed by atoms with Crippen molar-refractivity contribution < 1.29 is 22.7 Å². The molecule has 5 nitrogen and oxygen atoms in total. The van der Waals surface area contributed by atoms with Crippen LogP contribution in [-0.4, -0.2) is 27.3 Å². The van der Waals surface area contributed by atoms with Crippen molar-refractivity contribution in [3.63, 3.8) is 0 Å². The van der Waals surface area contributed by atoms with Gasteiger partial charge in [0.25, 0.3) is 0 Å². The summed E-state index contributed by atoms with van der Waals surface area (Å²) >= 11 is 0. The number of hydrogen-bond acceptors (Lipinski definition) is 4. The molecule has 0 saturated carbocycles. The van der Waals surface area contributed by atoms with Gasteiger partial charge in [0.1, 0.15) is 0 Å². The van der Waals surface area contributed by atoms with E-state index in [4.69, 9.17) is 4.74 Å². The zero-order chi connectivity index (χ0) is 18.7. The number of benzene rings is 1. The number of alkyl halides is 3. The number of nitrogens with zero attached hydrogens (tertiary/aromatic N) is 3. The quantitative estimate of drug-likeness (QED) is 0.656. The summed E-state index contributed by atoms with van der Waals surface area (Å²) < 4.78 is 44.7. The Labute approximate surface area is 147 Å².